The van der Waals surface area contributed by atoms with Crippen LogP contribution in [0.3, 0.4) is 0 Å². The van der Waals surface area contributed by atoms with Crippen molar-refractivity contribution < 1.29 is 9.90 Å². The SMILES string of the molecule is CCC(C)c1nc2cc(Cl)c(Cl)cc2n1CC(=O)O. The second kappa shape index (κ2) is 5.39. The number of carboxylic acids is 1. The summed E-state index contributed by atoms with van der Waals surface area (Å²) in [5, 5.41) is 9.86. The molecule has 0 bridgehead atoms. The van der Waals surface area contributed by atoms with Crippen molar-refractivity contribution in [3.63, 3.8) is 0 Å². The fourth-order valence-corrected chi connectivity index (χ4v) is 2.31. The molecule has 1 unspecified atom stereocenters. The van der Waals surface area contributed by atoms with Crippen molar-refractivity contribution >= 4 is 40.2 Å². The van der Waals surface area contributed by atoms with E-state index in [4.69, 9.17) is 28.3 Å². The number of aliphatic carboxylic acids is 1. The number of hydrogen-bond acceptors (Lipinski definition) is 2. The van der Waals surface area contributed by atoms with E-state index in [-0.39, 0.29) is 12.5 Å². The van der Waals surface area contributed by atoms with Gasteiger partial charge in [0, 0.05) is 5.92 Å². The maximum absolute atomic E-state index is 11.0. The molecule has 0 saturated heterocycles. The lowest BCUT2D eigenvalue weighted by atomic mass is 10.1. The normalized spacial score (nSPS) is 12.8. The molecular weight excluding hydrogens is 287 g/mol. The van der Waals surface area contributed by atoms with E-state index in [1.54, 1.807) is 16.7 Å². The number of imidazole rings is 1. The molecule has 0 fully saturated rings. The molecule has 1 aromatic carbocycles. The quantitative estimate of drug-likeness (QED) is 0.930. The van der Waals surface area contributed by atoms with Gasteiger partial charge < -0.3 is 9.67 Å². The van der Waals surface area contributed by atoms with Gasteiger partial charge in [0.25, 0.3) is 0 Å². The molecular formula is C13H14Cl2N2O2. The van der Waals surface area contributed by atoms with Crippen LogP contribution in [0, 0.1) is 0 Å². The maximum Gasteiger partial charge on any atom is 0.323 e. The number of hydrogen-bond donors (Lipinski definition) is 1. The van der Waals surface area contributed by atoms with Crippen LogP contribution in [0.2, 0.25) is 10.0 Å². The average molecular weight is 301 g/mol. The van der Waals surface area contributed by atoms with Crippen LogP contribution in [0.4, 0.5) is 0 Å². The molecule has 2 rings (SSSR count). The number of aromatic nitrogens is 2. The molecule has 1 atom stereocenters. The van der Waals surface area contributed by atoms with Crippen molar-refractivity contribution in [3.8, 4) is 0 Å². The van der Waals surface area contributed by atoms with E-state index in [0.29, 0.717) is 21.1 Å². The molecule has 0 aliphatic rings. The topological polar surface area (TPSA) is 55.1 Å². The summed E-state index contributed by atoms with van der Waals surface area (Å²) in [5.41, 5.74) is 1.37. The number of halogens is 2. The van der Waals surface area contributed by atoms with Gasteiger partial charge in [0.2, 0.25) is 0 Å². The Morgan fingerprint density at radius 3 is 2.63 bits per heavy atom. The first kappa shape index (κ1) is 14.2. The van der Waals surface area contributed by atoms with E-state index < -0.39 is 5.97 Å². The largest absolute Gasteiger partial charge is 0.480 e. The van der Waals surface area contributed by atoms with Crippen LogP contribution in [0.1, 0.15) is 32.0 Å². The minimum absolute atomic E-state index is 0.131. The highest BCUT2D eigenvalue weighted by atomic mass is 35.5. The second-order valence-corrected chi connectivity index (χ2v) is 5.33. The Balaban J connectivity index is 2.69. The van der Waals surface area contributed by atoms with Crippen LogP contribution < -0.4 is 0 Å². The summed E-state index contributed by atoms with van der Waals surface area (Å²) in [6, 6.07) is 3.34. The molecule has 4 nitrogen and oxygen atoms in total. The summed E-state index contributed by atoms with van der Waals surface area (Å²) in [6.45, 7) is 3.92. The number of nitrogens with zero attached hydrogens (tertiary/aromatic N) is 2. The van der Waals surface area contributed by atoms with Gasteiger partial charge in [0.15, 0.2) is 0 Å². The minimum atomic E-state index is -0.907. The van der Waals surface area contributed by atoms with E-state index in [0.717, 1.165) is 12.2 Å². The molecule has 102 valence electrons. The van der Waals surface area contributed by atoms with Crippen molar-refractivity contribution in [1.82, 2.24) is 9.55 Å². The lowest BCUT2D eigenvalue weighted by Gasteiger charge is -2.11. The van der Waals surface area contributed by atoms with Gasteiger partial charge in [-0.2, -0.15) is 0 Å². The zero-order chi connectivity index (χ0) is 14.2. The van der Waals surface area contributed by atoms with Crippen molar-refractivity contribution in [2.24, 2.45) is 0 Å². The molecule has 2 aromatic rings. The first-order chi connectivity index (χ1) is 8.93. The number of benzene rings is 1. The van der Waals surface area contributed by atoms with Crippen molar-refractivity contribution in [1.29, 1.82) is 0 Å². The van der Waals surface area contributed by atoms with Gasteiger partial charge >= 0.3 is 5.97 Å². The van der Waals surface area contributed by atoms with Gasteiger partial charge in [-0.05, 0) is 18.6 Å². The predicted molar refractivity (Wildman–Crippen MR) is 76.1 cm³/mol. The lowest BCUT2D eigenvalue weighted by Crippen LogP contribution is -2.13. The van der Waals surface area contributed by atoms with E-state index in [1.807, 2.05) is 13.8 Å². The molecule has 0 spiro atoms. The second-order valence-electron chi connectivity index (χ2n) is 4.51. The van der Waals surface area contributed by atoms with Gasteiger partial charge in [0.05, 0.1) is 21.1 Å². The van der Waals surface area contributed by atoms with Gasteiger partial charge in [-0.25, -0.2) is 4.98 Å². The van der Waals surface area contributed by atoms with Gasteiger partial charge in [-0.3, -0.25) is 4.79 Å². The lowest BCUT2D eigenvalue weighted by molar-refractivity contribution is -0.137. The number of carbonyl (C=O) groups is 1. The van der Waals surface area contributed by atoms with Crippen LogP contribution in [-0.2, 0) is 11.3 Å². The molecule has 0 aliphatic carbocycles. The standard InChI is InChI=1S/C13H14Cl2N2O2/c1-3-7(2)13-16-10-4-8(14)9(15)5-11(10)17(13)6-12(18)19/h4-5,7H,3,6H2,1-2H3,(H,18,19). The van der Waals surface area contributed by atoms with Crippen LogP contribution in [-0.4, -0.2) is 20.6 Å². The zero-order valence-electron chi connectivity index (χ0n) is 10.7. The minimum Gasteiger partial charge on any atom is -0.480 e. The summed E-state index contributed by atoms with van der Waals surface area (Å²) in [4.78, 5) is 15.5. The smallest absolute Gasteiger partial charge is 0.323 e. The molecule has 19 heavy (non-hydrogen) atoms. The summed E-state index contributed by atoms with van der Waals surface area (Å²) >= 11 is 12.0. The monoisotopic (exact) mass is 300 g/mol. The predicted octanol–water partition coefficient (Wildman–Crippen LogP) is 3.94. The Morgan fingerprint density at radius 2 is 2.05 bits per heavy atom. The van der Waals surface area contributed by atoms with Crippen LogP contribution in [0.15, 0.2) is 12.1 Å². The Hall–Kier alpha value is -1.26. The first-order valence-corrected chi connectivity index (χ1v) is 6.76. The van der Waals surface area contributed by atoms with E-state index in [9.17, 15) is 4.79 Å². The van der Waals surface area contributed by atoms with E-state index in [2.05, 4.69) is 4.98 Å². The van der Waals surface area contributed by atoms with Crippen molar-refractivity contribution in [2.75, 3.05) is 0 Å². The van der Waals surface area contributed by atoms with Crippen molar-refractivity contribution in [2.45, 2.75) is 32.7 Å². The Morgan fingerprint density at radius 1 is 1.42 bits per heavy atom. The fraction of sp³-hybridized carbons (Fsp3) is 0.385. The molecule has 1 N–H and O–H groups in total. The molecule has 0 saturated carbocycles. The fourth-order valence-electron chi connectivity index (χ4n) is 2.00. The van der Waals surface area contributed by atoms with E-state index >= 15 is 0 Å². The summed E-state index contributed by atoms with van der Waals surface area (Å²) < 4.78 is 1.69. The molecule has 1 heterocycles. The molecule has 0 radical (unpaired) electrons. The van der Waals surface area contributed by atoms with Crippen LogP contribution in [0.25, 0.3) is 11.0 Å². The van der Waals surface area contributed by atoms with Gasteiger partial charge in [0.1, 0.15) is 12.4 Å². The Labute approximate surface area is 121 Å². The van der Waals surface area contributed by atoms with Crippen LogP contribution in [0.5, 0.6) is 0 Å². The molecule has 0 amide bonds. The Kier molecular flexibility index (Phi) is 4.02. The number of carboxylic acid groups (broad SMARTS) is 1. The highest BCUT2D eigenvalue weighted by Gasteiger charge is 2.18. The van der Waals surface area contributed by atoms with Crippen LogP contribution >= 0.6 is 23.2 Å². The Bertz CT molecular complexity index is 637. The van der Waals surface area contributed by atoms with Crippen molar-refractivity contribution in [3.05, 3.63) is 28.0 Å². The zero-order valence-corrected chi connectivity index (χ0v) is 12.2. The first-order valence-electron chi connectivity index (χ1n) is 6.01. The van der Waals surface area contributed by atoms with E-state index in [1.165, 1.54) is 0 Å². The summed E-state index contributed by atoms with van der Waals surface area (Å²) in [5.74, 6) is 0.0115. The number of fused-ring (bicyclic) bond motifs is 1. The van der Waals surface area contributed by atoms with Gasteiger partial charge in [-0.1, -0.05) is 37.0 Å². The third-order valence-corrected chi connectivity index (χ3v) is 3.89. The maximum atomic E-state index is 11.0. The summed E-state index contributed by atoms with van der Waals surface area (Å²) in [7, 11) is 0. The number of rotatable bonds is 4. The highest BCUT2D eigenvalue weighted by molar-refractivity contribution is 6.42. The third kappa shape index (κ3) is 2.69. The van der Waals surface area contributed by atoms with Gasteiger partial charge in [-0.15, -0.1) is 0 Å². The molecule has 0 aliphatic heterocycles. The molecule has 1 aromatic heterocycles. The summed E-state index contributed by atoms with van der Waals surface area (Å²) in [6.07, 6.45) is 0.879. The third-order valence-electron chi connectivity index (χ3n) is 3.17. The highest BCUT2D eigenvalue weighted by Crippen LogP contribution is 2.30. The average Bonchev–Trinajstić information content (AvgIpc) is 2.67. The molecule has 6 heteroatoms.